The number of hydrogen-bond donors (Lipinski definition) is 1. The maximum Gasteiger partial charge on any atom is 0.335 e. The van der Waals surface area contributed by atoms with E-state index in [0.29, 0.717) is 11.5 Å². The zero-order valence-corrected chi connectivity index (χ0v) is 14.1. The third kappa shape index (κ3) is 4.20. The Hall–Kier alpha value is -2.20. The molecule has 1 atom stereocenters. The molecule has 1 aromatic heterocycles. The summed E-state index contributed by atoms with van der Waals surface area (Å²) < 4.78 is 0. The molecule has 1 unspecified atom stereocenters. The van der Waals surface area contributed by atoms with E-state index in [2.05, 4.69) is 28.9 Å². The smallest absolute Gasteiger partial charge is 0.335 e. The van der Waals surface area contributed by atoms with Gasteiger partial charge in [0, 0.05) is 19.3 Å². The van der Waals surface area contributed by atoms with E-state index in [9.17, 15) is 4.79 Å². The van der Waals surface area contributed by atoms with Crippen LogP contribution in [0.4, 0.5) is 0 Å². The maximum atomic E-state index is 11.1. The van der Waals surface area contributed by atoms with Crippen molar-refractivity contribution < 1.29 is 9.90 Å². The summed E-state index contributed by atoms with van der Waals surface area (Å²) in [6, 6.07) is 11.6. The summed E-state index contributed by atoms with van der Waals surface area (Å²) in [4.78, 5) is 18.1. The molecule has 4 nitrogen and oxygen atoms in total. The van der Waals surface area contributed by atoms with E-state index in [0.717, 1.165) is 50.2 Å². The first kappa shape index (κ1) is 16.7. The van der Waals surface area contributed by atoms with Crippen molar-refractivity contribution in [2.45, 2.75) is 32.7 Å². The lowest BCUT2D eigenvalue weighted by Gasteiger charge is -2.16. The lowest BCUT2D eigenvalue weighted by Crippen LogP contribution is -2.21. The van der Waals surface area contributed by atoms with Gasteiger partial charge in [-0.05, 0) is 61.1 Å². The molecule has 1 fully saturated rings. The normalized spacial score (nSPS) is 18.0. The van der Waals surface area contributed by atoms with Gasteiger partial charge in [0.05, 0.1) is 11.3 Å². The summed E-state index contributed by atoms with van der Waals surface area (Å²) in [7, 11) is 0. The molecule has 24 heavy (non-hydrogen) atoms. The fourth-order valence-corrected chi connectivity index (χ4v) is 3.37. The number of rotatable bonds is 6. The second kappa shape index (κ2) is 7.58. The Morgan fingerprint density at radius 3 is 2.88 bits per heavy atom. The molecule has 0 amide bonds. The van der Waals surface area contributed by atoms with E-state index in [-0.39, 0.29) is 0 Å². The molecule has 2 heterocycles. The van der Waals surface area contributed by atoms with Gasteiger partial charge in [0.15, 0.2) is 0 Å². The summed E-state index contributed by atoms with van der Waals surface area (Å²) in [5.74, 6) is -0.268. The minimum Gasteiger partial charge on any atom is -0.478 e. The van der Waals surface area contributed by atoms with E-state index in [1.165, 1.54) is 5.56 Å². The van der Waals surface area contributed by atoms with Gasteiger partial charge in [0.2, 0.25) is 0 Å². The average molecular weight is 324 g/mol. The third-order valence-corrected chi connectivity index (χ3v) is 4.75. The highest BCUT2D eigenvalue weighted by atomic mass is 16.4. The second-order valence-electron chi connectivity index (χ2n) is 6.61. The Bertz CT molecular complexity index is 697. The van der Waals surface area contributed by atoms with Gasteiger partial charge in [0.25, 0.3) is 0 Å². The topological polar surface area (TPSA) is 53.4 Å². The van der Waals surface area contributed by atoms with Crippen LogP contribution in [-0.4, -0.2) is 34.0 Å². The Morgan fingerprint density at radius 1 is 1.29 bits per heavy atom. The number of carbonyl (C=O) groups is 1. The molecule has 126 valence electrons. The molecule has 4 heteroatoms. The molecule has 0 bridgehead atoms. The van der Waals surface area contributed by atoms with Gasteiger partial charge in [-0.1, -0.05) is 25.1 Å². The van der Waals surface area contributed by atoms with Crippen LogP contribution in [0, 0.1) is 5.92 Å². The number of likely N-dealkylation sites (tertiary alicyclic amines) is 1. The predicted molar refractivity (Wildman–Crippen MR) is 94.1 cm³/mol. The first-order chi connectivity index (χ1) is 11.6. The zero-order chi connectivity index (χ0) is 16.9. The lowest BCUT2D eigenvalue weighted by molar-refractivity contribution is 0.0696. The molecule has 0 spiro atoms. The number of benzene rings is 1. The van der Waals surface area contributed by atoms with Crippen molar-refractivity contribution in [3.63, 3.8) is 0 Å². The molecule has 2 aromatic rings. The van der Waals surface area contributed by atoms with Crippen LogP contribution in [0.15, 0.2) is 42.6 Å². The minimum absolute atomic E-state index is 0.377. The summed E-state index contributed by atoms with van der Waals surface area (Å²) in [6.07, 6.45) is 5.10. The quantitative estimate of drug-likeness (QED) is 0.885. The fourth-order valence-electron chi connectivity index (χ4n) is 3.37. The van der Waals surface area contributed by atoms with Crippen LogP contribution in [0.2, 0.25) is 0 Å². The fraction of sp³-hybridized carbons (Fsp3) is 0.400. The highest BCUT2D eigenvalue weighted by Crippen LogP contribution is 2.22. The standard InChI is InChI=1S/C20H24N2O2/c1-2-15-6-7-19(21-12-15)14-22-9-8-17(13-22)10-16-4-3-5-18(11-16)20(23)24/h3-7,11-12,17H,2,8-10,13-14H2,1H3,(H,23,24). The van der Waals surface area contributed by atoms with Crippen LogP contribution in [-0.2, 0) is 19.4 Å². The van der Waals surface area contributed by atoms with Gasteiger partial charge >= 0.3 is 5.97 Å². The van der Waals surface area contributed by atoms with E-state index >= 15 is 0 Å². The van der Waals surface area contributed by atoms with Gasteiger partial charge in [-0.3, -0.25) is 9.88 Å². The number of pyridine rings is 1. The number of nitrogens with zero attached hydrogens (tertiary/aromatic N) is 2. The van der Waals surface area contributed by atoms with Crippen LogP contribution in [0.25, 0.3) is 0 Å². The van der Waals surface area contributed by atoms with Crippen LogP contribution in [0.1, 0.15) is 40.5 Å². The number of aryl methyl sites for hydroxylation is 1. The highest BCUT2D eigenvalue weighted by Gasteiger charge is 2.23. The van der Waals surface area contributed by atoms with Crippen molar-refractivity contribution >= 4 is 5.97 Å². The van der Waals surface area contributed by atoms with Crippen LogP contribution >= 0.6 is 0 Å². The van der Waals surface area contributed by atoms with Gasteiger partial charge in [-0.15, -0.1) is 0 Å². The summed E-state index contributed by atoms with van der Waals surface area (Å²) in [5.41, 5.74) is 3.90. The van der Waals surface area contributed by atoms with Crippen LogP contribution < -0.4 is 0 Å². The van der Waals surface area contributed by atoms with Gasteiger partial charge in [-0.25, -0.2) is 4.79 Å². The van der Waals surface area contributed by atoms with Crippen LogP contribution in [0.5, 0.6) is 0 Å². The Labute approximate surface area is 143 Å². The summed E-state index contributed by atoms with van der Waals surface area (Å²) in [6.45, 7) is 5.17. The van der Waals surface area contributed by atoms with E-state index in [1.54, 1.807) is 12.1 Å². The number of carboxylic acids is 1. The SMILES string of the molecule is CCc1ccc(CN2CCC(Cc3cccc(C(=O)O)c3)C2)nc1. The molecule has 0 radical (unpaired) electrons. The van der Waals surface area contributed by atoms with E-state index in [1.807, 2.05) is 18.3 Å². The van der Waals surface area contributed by atoms with E-state index < -0.39 is 5.97 Å². The lowest BCUT2D eigenvalue weighted by atomic mass is 9.97. The molecule has 1 N–H and O–H groups in total. The number of aromatic nitrogens is 1. The van der Waals surface area contributed by atoms with Crippen molar-refractivity contribution in [2.75, 3.05) is 13.1 Å². The largest absolute Gasteiger partial charge is 0.478 e. The monoisotopic (exact) mass is 324 g/mol. The molecule has 1 aromatic carbocycles. The Balaban J connectivity index is 1.55. The summed E-state index contributed by atoms with van der Waals surface area (Å²) in [5, 5.41) is 9.10. The molecular formula is C20H24N2O2. The molecule has 1 aliphatic heterocycles. The van der Waals surface area contributed by atoms with Crippen molar-refractivity contribution in [1.29, 1.82) is 0 Å². The van der Waals surface area contributed by atoms with Gasteiger partial charge in [-0.2, -0.15) is 0 Å². The minimum atomic E-state index is -0.855. The van der Waals surface area contributed by atoms with Crippen molar-refractivity contribution in [1.82, 2.24) is 9.88 Å². The van der Waals surface area contributed by atoms with Gasteiger partial charge < -0.3 is 5.11 Å². The third-order valence-electron chi connectivity index (χ3n) is 4.75. The molecule has 1 saturated heterocycles. The van der Waals surface area contributed by atoms with Crippen LogP contribution in [0.3, 0.4) is 0 Å². The number of hydrogen-bond acceptors (Lipinski definition) is 3. The molecule has 0 aliphatic carbocycles. The first-order valence-corrected chi connectivity index (χ1v) is 8.62. The highest BCUT2D eigenvalue weighted by molar-refractivity contribution is 5.87. The molecular weight excluding hydrogens is 300 g/mol. The Kier molecular flexibility index (Phi) is 5.26. The predicted octanol–water partition coefficient (Wildman–Crippen LogP) is 3.41. The molecule has 1 aliphatic rings. The maximum absolute atomic E-state index is 11.1. The average Bonchev–Trinajstić information content (AvgIpc) is 3.02. The summed E-state index contributed by atoms with van der Waals surface area (Å²) >= 11 is 0. The number of carboxylic acid groups (broad SMARTS) is 1. The first-order valence-electron chi connectivity index (χ1n) is 8.62. The zero-order valence-electron chi connectivity index (χ0n) is 14.1. The van der Waals surface area contributed by atoms with Crippen molar-refractivity contribution in [3.05, 3.63) is 65.0 Å². The molecule has 3 rings (SSSR count). The van der Waals surface area contributed by atoms with E-state index in [4.69, 9.17) is 5.11 Å². The van der Waals surface area contributed by atoms with Gasteiger partial charge in [0.1, 0.15) is 0 Å². The van der Waals surface area contributed by atoms with Crippen molar-refractivity contribution in [3.8, 4) is 0 Å². The Morgan fingerprint density at radius 2 is 2.17 bits per heavy atom. The molecule has 0 saturated carbocycles. The van der Waals surface area contributed by atoms with Crippen molar-refractivity contribution in [2.24, 2.45) is 5.92 Å². The number of aromatic carboxylic acids is 1. The second-order valence-corrected chi connectivity index (χ2v) is 6.61.